The van der Waals surface area contributed by atoms with Crippen LogP contribution in [-0.4, -0.2) is 17.4 Å². The number of phenolic OH excluding ortho intramolecular Hbond substituents is 1. The monoisotopic (exact) mass is 382 g/mol. The number of carbonyl (C=O) groups is 2. The summed E-state index contributed by atoms with van der Waals surface area (Å²) in [5.41, 5.74) is 1.67. The van der Waals surface area contributed by atoms with Gasteiger partial charge in [0, 0.05) is 5.56 Å². The van der Waals surface area contributed by atoms with Gasteiger partial charge in [-0.3, -0.25) is 4.79 Å². The summed E-state index contributed by atoms with van der Waals surface area (Å²) in [7, 11) is 0. The van der Waals surface area contributed by atoms with E-state index in [9.17, 15) is 14.7 Å². The first-order valence-corrected chi connectivity index (χ1v) is 10.2. The van der Waals surface area contributed by atoms with Crippen molar-refractivity contribution in [1.82, 2.24) is 0 Å². The van der Waals surface area contributed by atoms with Crippen molar-refractivity contribution in [2.75, 3.05) is 0 Å². The second kappa shape index (κ2) is 12.0. The molecule has 0 spiro atoms. The molecule has 2 aromatic carbocycles. The summed E-state index contributed by atoms with van der Waals surface area (Å²) in [6.07, 6.45) is 11.7. The first-order valence-electron chi connectivity index (χ1n) is 10.2. The highest BCUT2D eigenvalue weighted by Crippen LogP contribution is 2.23. The molecule has 1 N–H and O–H groups in total. The molecule has 0 aliphatic heterocycles. The van der Waals surface area contributed by atoms with E-state index in [1.165, 1.54) is 44.9 Å². The van der Waals surface area contributed by atoms with E-state index >= 15 is 0 Å². The number of aromatic hydroxyl groups is 1. The van der Waals surface area contributed by atoms with E-state index in [1.807, 2.05) is 6.07 Å². The van der Waals surface area contributed by atoms with Gasteiger partial charge in [-0.15, -0.1) is 0 Å². The number of benzene rings is 2. The molecule has 0 bridgehead atoms. The lowest BCUT2D eigenvalue weighted by Gasteiger charge is -2.08. The molecular weight excluding hydrogens is 352 g/mol. The van der Waals surface area contributed by atoms with E-state index in [-0.39, 0.29) is 11.3 Å². The Hall–Kier alpha value is -2.62. The van der Waals surface area contributed by atoms with Crippen LogP contribution in [0, 0.1) is 0 Å². The summed E-state index contributed by atoms with van der Waals surface area (Å²) in [6, 6.07) is 11.4. The summed E-state index contributed by atoms with van der Waals surface area (Å²) in [5.74, 6) is -0.348. The maximum absolute atomic E-state index is 12.3. The summed E-state index contributed by atoms with van der Waals surface area (Å²) >= 11 is 0. The van der Waals surface area contributed by atoms with Crippen molar-refractivity contribution in [2.24, 2.45) is 0 Å². The number of unbranched alkanes of at least 4 members (excludes halogenated alkanes) is 7. The van der Waals surface area contributed by atoms with Gasteiger partial charge in [0.05, 0.1) is 0 Å². The molecule has 4 nitrogen and oxygen atoms in total. The van der Waals surface area contributed by atoms with Crippen molar-refractivity contribution in [1.29, 1.82) is 0 Å². The zero-order valence-electron chi connectivity index (χ0n) is 16.7. The van der Waals surface area contributed by atoms with Crippen LogP contribution in [0.2, 0.25) is 0 Å². The highest BCUT2D eigenvalue weighted by Gasteiger charge is 2.14. The maximum atomic E-state index is 12.3. The predicted octanol–water partition coefficient (Wildman–Crippen LogP) is 6.11. The lowest BCUT2D eigenvalue weighted by atomic mass is 10.0. The quantitative estimate of drug-likeness (QED) is 0.208. The Bertz CT molecular complexity index is 750. The van der Waals surface area contributed by atoms with Gasteiger partial charge in [0.2, 0.25) is 0 Å². The second-order valence-corrected chi connectivity index (χ2v) is 7.15. The van der Waals surface area contributed by atoms with E-state index < -0.39 is 5.97 Å². The third-order valence-electron chi connectivity index (χ3n) is 4.83. The zero-order valence-corrected chi connectivity index (χ0v) is 16.7. The molecule has 0 aliphatic rings. The van der Waals surface area contributed by atoms with Gasteiger partial charge in [-0.05, 0) is 54.8 Å². The van der Waals surface area contributed by atoms with Crippen molar-refractivity contribution in [3.8, 4) is 11.5 Å². The number of rotatable bonds is 12. The molecule has 0 radical (unpaired) electrons. The minimum atomic E-state index is -0.616. The average molecular weight is 383 g/mol. The minimum absolute atomic E-state index is 0.0634. The molecule has 150 valence electrons. The molecule has 2 rings (SSSR count). The molecule has 28 heavy (non-hydrogen) atoms. The van der Waals surface area contributed by atoms with Crippen molar-refractivity contribution in [2.45, 2.75) is 64.7 Å². The summed E-state index contributed by atoms with van der Waals surface area (Å²) < 4.78 is 5.26. The molecule has 2 aromatic rings. The molecular formula is C24H30O4. The fourth-order valence-electron chi connectivity index (χ4n) is 3.14. The van der Waals surface area contributed by atoms with Gasteiger partial charge in [-0.1, -0.05) is 57.9 Å². The Morgan fingerprint density at radius 1 is 0.929 bits per heavy atom. The third kappa shape index (κ3) is 7.18. The van der Waals surface area contributed by atoms with Crippen LogP contribution in [0.1, 0.15) is 84.6 Å². The van der Waals surface area contributed by atoms with Gasteiger partial charge in [-0.25, -0.2) is 4.79 Å². The Morgan fingerprint density at radius 2 is 1.57 bits per heavy atom. The van der Waals surface area contributed by atoms with Crippen molar-refractivity contribution >= 4 is 12.3 Å². The van der Waals surface area contributed by atoms with E-state index in [0.29, 0.717) is 11.3 Å². The molecule has 0 unspecified atom stereocenters. The van der Waals surface area contributed by atoms with E-state index in [4.69, 9.17) is 4.74 Å². The number of aryl methyl sites for hydroxylation is 1. The normalized spacial score (nSPS) is 10.6. The summed E-state index contributed by atoms with van der Waals surface area (Å²) in [6.45, 7) is 2.23. The highest BCUT2D eigenvalue weighted by atomic mass is 16.5. The number of ether oxygens (including phenoxy) is 1. The van der Waals surface area contributed by atoms with Crippen LogP contribution in [0.3, 0.4) is 0 Å². The first-order chi connectivity index (χ1) is 13.6. The van der Waals surface area contributed by atoms with Crippen LogP contribution in [0.15, 0.2) is 42.5 Å². The topological polar surface area (TPSA) is 63.6 Å². The number of hydrogen-bond donors (Lipinski definition) is 1. The SMILES string of the molecule is CCCCCCCCCCc1ccc(C(=O)Oc2ccc(C=O)cc2)c(O)c1. The largest absolute Gasteiger partial charge is 0.507 e. The van der Waals surface area contributed by atoms with E-state index in [1.54, 1.807) is 36.4 Å². The van der Waals surface area contributed by atoms with Gasteiger partial charge in [0.1, 0.15) is 23.3 Å². The molecule has 0 saturated carbocycles. The molecule has 0 atom stereocenters. The highest BCUT2D eigenvalue weighted by molar-refractivity contribution is 5.94. The fraction of sp³-hybridized carbons (Fsp3) is 0.417. The molecule has 0 heterocycles. The van der Waals surface area contributed by atoms with Gasteiger partial charge < -0.3 is 9.84 Å². The second-order valence-electron chi connectivity index (χ2n) is 7.15. The van der Waals surface area contributed by atoms with E-state index in [0.717, 1.165) is 24.7 Å². The summed E-state index contributed by atoms with van der Waals surface area (Å²) in [4.78, 5) is 22.9. The minimum Gasteiger partial charge on any atom is -0.507 e. The Balaban J connectivity index is 1.79. The zero-order chi connectivity index (χ0) is 20.2. The van der Waals surface area contributed by atoms with Crippen molar-refractivity contribution < 1.29 is 19.4 Å². The van der Waals surface area contributed by atoms with Gasteiger partial charge >= 0.3 is 5.97 Å². The number of phenols is 1. The van der Waals surface area contributed by atoms with E-state index in [2.05, 4.69) is 6.92 Å². The van der Waals surface area contributed by atoms with Gasteiger partial charge in [0.15, 0.2) is 0 Å². The lowest BCUT2D eigenvalue weighted by Crippen LogP contribution is -2.09. The third-order valence-corrected chi connectivity index (χ3v) is 4.83. The Kier molecular flexibility index (Phi) is 9.26. The predicted molar refractivity (Wildman–Crippen MR) is 111 cm³/mol. The summed E-state index contributed by atoms with van der Waals surface area (Å²) in [5, 5.41) is 10.2. The van der Waals surface area contributed by atoms with Crippen LogP contribution in [0.25, 0.3) is 0 Å². The molecule has 4 heteroatoms. The van der Waals surface area contributed by atoms with Crippen molar-refractivity contribution in [3.63, 3.8) is 0 Å². The molecule has 0 aliphatic carbocycles. The molecule has 0 fully saturated rings. The number of hydrogen-bond acceptors (Lipinski definition) is 4. The smallest absolute Gasteiger partial charge is 0.347 e. The van der Waals surface area contributed by atoms with Crippen LogP contribution in [0.4, 0.5) is 0 Å². The van der Waals surface area contributed by atoms with Crippen LogP contribution in [-0.2, 0) is 6.42 Å². The average Bonchev–Trinajstić information content (AvgIpc) is 2.70. The fourth-order valence-corrected chi connectivity index (χ4v) is 3.14. The Morgan fingerprint density at radius 3 is 2.18 bits per heavy atom. The van der Waals surface area contributed by atoms with Gasteiger partial charge in [0.25, 0.3) is 0 Å². The number of esters is 1. The number of carbonyl (C=O) groups excluding carboxylic acids is 2. The van der Waals surface area contributed by atoms with Crippen LogP contribution in [0.5, 0.6) is 11.5 Å². The van der Waals surface area contributed by atoms with Crippen LogP contribution < -0.4 is 4.74 Å². The molecule has 0 aromatic heterocycles. The maximum Gasteiger partial charge on any atom is 0.347 e. The standard InChI is InChI=1S/C24H30O4/c1-2-3-4-5-6-7-8-9-10-19-13-16-22(23(26)17-19)24(27)28-21-14-11-20(18-25)12-15-21/h11-18,26H,2-10H2,1H3. The van der Waals surface area contributed by atoms with Crippen LogP contribution >= 0.6 is 0 Å². The number of aldehydes is 1. The lowest BCUT2D eigenvalue weighted by molar-refractivity contribution is 0.0731. The van der Waals surface area contributed by atoms with Gasteiger partial charge in [-0.2, -0.15) is 0 Å². The Labute approximate surface area is 167 Å². The molecule has 0 amide bonds. The first kappa shape index (κ1) is 21.7. The molecule has 0 saturated heterocycles. The van der Waals surface area contributed by atoms with Crippen molar-refractivity contribution in [3.05, 3.63) is 59.2 Å².